The zero-order valence-electron chi connectivity index (χ0n) is 16.0. The number of ether oxygens (including phenoxy) is 1. The first-order chi connectivity index (χ1) is 13.4. The molecule has 3 heterocycles. The number of nitrogens with zero attached hydrogens (tertiary/aromatic N) is 3. The first-order valence-electron chi connectivity index (χ1n) is 9.66. The van der Waals surface area contributed by atoms with Gasteiger partial charge in [-0.15, -0.1) is 0 Å². The Morgan fingerprint density at radius 1 is 1.11 bits per heavy atom. The molecule has 0 N–H and O–H groups in total. The zero-order valence-corrected chi connectivity index (χ0v) is 16.8. The van der Waals surface area contributed by atoms with Gasteiger partial charge in [-0.3, -0.25) is 9.78 Å². The van der Waals surface area contributed by atoms with E-state index < -0.39 is 10.0 Å². The third-order valence-electron chi connectivity index (χ3n) is 5.62. The predicted molar refractivity (Wildman–Crippen MR) is 106 cm³/mol. The van der Waals surface area contributed by atoms with Crippen molar-refractivity contribution in [3.63, 3.8) is 0 Å². The second-order valence-corrected chi connectivity index (χ2v) is 9.56. The van der Waals surface area contributed by atoms with E-state index in [2.05, 4.69) is 4.98 Å². The smallest absolute Gasteiger partial charge is 0.225 e. The van der Waals surface area contributed by atoms with Crippen molar-refractivity contribution in [2.75, 3.05) is 32.4 Å². The highest BCUT2D eigenvalue weighted by molar-refractivity contribution is 7.88. The average molecular weight is 404 g/mol. The van der Waals surface area contributed by atoms with Gasteiger partial charge in [0.2, 0.25) is 15.9 Å². The fraction of sp³-hybridized carbons (Fsp3) is 0.500. The van der Waals surface area contributed by atoms with Gasteiger partial charge in [-0.2, -0.15) is 0 Å². The maximum atomic E-state index is 12.9. The van der Waals surface area contributed by atoms with Crippen LogP contribution in [0, 0.1) is 5.92 Å². The van der Waals surface area contributed by atoms with Gasteiger partial charge in [-0.05, 0) is 25.0 Å². The van der Waals surface area contributed by atoms with Crippen LogP contribution in [0.3, 0.4) is 0 Å². The number of aromatic nitrogens is 1. The number of pyridine rings is 1. The molecule has 2 saturated heterocycles. The van der Waals surface area contributed by atoms with Gasteiger partial charge in [-0.25, -0.2) is 12.7 Å². The number of carbonyl (C=O) groups is 1. The summed E-state index contributed by atoms with van der Waals surface area (Å²) in [5, 5.41) is 1.03. The molecule has 0 radical (unpaired) electrons. The lowest BCUT2D eigenvalue weighted by Gasteiger charge is -2.31. The molecule has 1 unspecified atom stereocenters. The average Bonchev–Trinajstić information content (AvgIpc) is 3.16. The first kappa shape index (κ1) is 19.1. The lowest BCUT2D eigenvalue weighted by molar-refractivity contribution is -0.135. The van der Waals surface area contributed by atoms with Crippen LogP contribution in [0.25, 0.3) is 10.9 Å². The molecular weight excluding hydrogens is 378 g/mol. The number of benzene rings is 1. The number of fused-ring (bicyclic) bond motifs is 1. The Labute approximate surface area is 165 Å². The fourth-order valence-corrected chi connectivity index (χ4v) is 4.94. The van der Waals surface area contributed by atoms with Gasteiger partial charge < -0.3 is 9.64 Å². The Bertz CT molecular complexity index is 965. The van der Waals surface area contributed by atoms with Crippen LogP contribution in [-0.2, 0) is 14.8 Å². The lowest BCUT2D eigenvalue weighted by Crippen LogP contribution is -2.43. The summed E-state index contributed by atoms with van der Waals surface area (Å²) in [6.07, 6.45) is 4.88. The van der Waals surface area contributed by atoms with Gasteiger partial charge in [0, 0.05) is 43.6 Å². The molecule has 0 spiro atoms. The number of amides is 1. The Balaban J connectivity index is 1.36. The van der Waals surface area contributed by atoms with E-state index in [1.807, 2.05) is 35.2 Å². The minimum atomic E-state index is -3.17. The van der Waals surface area contributed by atoms with Crippen LogP contribution in [0.2, 0.25) is 0 Å². The number of para-hydroxylation sites is 1. The molecule has 0 saturated carbocycles. The van der Waals surface area contributed by atoms with Crippen molar-refractivity contribution in [1.82, 2.24) is 14.2 Å². The minimum Gasteiger partial charge on any atom is -0.486 e. The molecule has 150 valence electrons. The van der Waals surface area contributed by atoms with Crippen LogP contribution in [0.5, 0.6) is 5.75 Å². The quantitative estimate of drug-likeness (QED) is 0.779. The molecule has 0 aliphatic carbocycles. The Morgan fingerprint density at radius 2 is 1.86 bits per heavy atom. The van der Waals surface area contributed by atoms with Gasteiger partial charge in [0.1, 0.15) is 17.4 Å². The highest BCUT2D eigenvalue weighted by atomic mass is 32.2. The normalized spacial score (nSPS) is 21.9. The molecular formula is C20H25N3O4S. The van der Waals surface area contributed by atoms with E-state index in [0.29, 0.717) is 39.0 Å². The van der Waals surface area contributed by atoms with Crippen molar-refractivity contribution in [3.05, 3.63) is 36.5 Å². The monoisotopic (exact) mass is 403 g/mol. The zero-order chi connectivity index (χ0) is 19.7. The van der Waals surface area contributed by atoms with Gasteiger partial charge in [-0.1, -0.05) is 18.2 Å². The van der Waals surface area contributed by atoms with E-state index in [9.17, 15) is 13.2 Å². The number of piperidine rings is 1. The second-order valence-electron chi connectivity index (χ2n) is 7.58. The topological polar surface area (TPSA) is 79.8 Å². The molecule has 0 bridgehead atoms. The molecule has 28 heavy (non-hydrogen) atoms. The summed E-state index contributed by atoms with van der Waals surface area (Å²) in [5.74, 6) is 0.769. The van der Waals surface area contributed by atoms with Crippen molar-refractivity contribution in [3.8, 4) is 5.75 Å². The molecule has 1 atom stereocenters. The maximum absolute atomic E-state index is 12.9. The molecule has 2 aliphatic rings. The highest BCUT2D eigenvalue weighted by Crippen LogP contribution is 2.28. The molecule has 1 aromatic carbocycles. The van der Waals surface area contributed by atoms with E-state index in [1.54, 1.807) is 6.20 Å². The van der Waals surface area contributed by atoms with Crippen molar-refractivity contribution < 1.29 is 17.9 Å². The molecule has 4 rings (SSSR count). The van der Waals surface area contributed by atoms with Crippen molar-refractivity contribution in [2.24, 2.45) is 5.92 Å². The SMILES string of the molecule is CS(=O)(=O)N1CCC(C(=O)N2CCC(Oc3cccc4cccnc34)C2)CC1. The largest absolute Gasteiger partial charge is 0.486 e. The molecule has 7 nitrogen and oxygen atoms in total. The predicted octanol–water partition coefficient (Wildman–Crippen LogP) is 1.89. The summed E-state index contributed by atoms with van der Waals surface area (Å²) in [4.78, 5) is 19.1. The summed E-state index contributed by atoms with van der Waals surface area (Å²) >= 11 is 0. The molecule has 2 aliphatic heterocycles. The number of sulfonamides is 1. The van der Waals surface area contributed by atoms with Gasteiger partial charge >= 0.3 is 0 Å². The summed E-state index contributed by atoms with van der Waals surface area (Å²) in [7, 11) is -3.17. The minimum absolute atomic E-state index is 0.0485. The van der Waals surface area contributed by atoms with Crippen molar-refractivity contribution in [1.29, 1.82) is 0 Å². The number of rotatable bonds is 4. The molecule has 2 aromatic rings. The molecule has 1 aromatic heterocycles. The number of likely N-dealkylation sites (tertiary alicyclic amines) is 1. The van der Waals surface area contributed by atoms with E-state index in [0.717, 1.165) is 23.1 Å². The third kappa shape index (κ3) is 3.98. The maximum Gasteiger partial charge on any atom is 0.225 e. The Kier molecular flexibility index (Phi) is 5.25. The van der Waals surface area contributed by atoms with E-state index >= 15 is 0 Å². The fourth-order valence-electron chi connectivity index (χ4n) is 4.07. The first-order valence-corrected chi connectivity index (χ1v) is 11.5. The van der Waals surface area contributed by atoms with Crippen LogP contribution < -0.4 is 4.74 Å². The van der Waals surface area contributed by atoms with E-state index in [-0.39, 0.29) is 17.9 Å². The summed E-state index contributed by atoms with van der Waals surface area (Å²) in [5.41, 5.74) is 0.836. The number of hydrogen-bond donors (Lipinski definition) is 0. The van der Waals surface area contributed by atoms with Crippen LogP contribution in [-0.4, -0.2) is 67.1 Å². The van der Waals surface area contributed by atoms with Crippen LogP contribution in [0.4, 0.5) is 0 Å². The van der Waals surface area contributed by atoms with Gasteiger partial charge in [0.25, 0.3) is 0 Å². The van der Waals surface area contributed by atoms with Crippen LogP contribution in [0.1, 0.15) is 19.3 Å². The van der Waals surface area contributed by atoms with Crippen molar-refractivity contribution >= 4 is 26.8 Å². The van der Waals surface area contributed by atoms with Crippen LogP contribution >= 0.6 is 0 Å². The number of carbonyl (C=O) groups excluding carboxylic acids is 1. The highest BCUT2D eigenvalue weighted by Gasteiger charge is 2.35. The Morgan fingerprint density at radius 3 is 2.61 bits per heavy atom. The number of hydrogen-bond acceptors (Lipinski definition) is 5. The molecule has 2 fully saturated rings. The summed E-state index contributed by atoms with van der Waals surface area (Å²) in [6, 6.07) is 9.77. The van der Waals surface area contributed by atoms with Crippen molar-refractivity contribution in [2.45, 2.75) is 25.4 Å². The van der Waals surface area contributed by atoms with Crippen LogP contribution in [0.15, 0.2) is 36.5 Å². The van der Waals surface area contributed by atoms with Gasteiger partial charge in [0.05, 0.1) is 12.8 Å². The lowest BCUT2D eigenvalue weighted by atomic mass is 9.97. The standard InChI is InChI=1S/C20H25N3O4S/c1-28(25,26)23-12-7-16(8-13-23)20(24)22-11-9-17(14-22)27-18-6-2-4-15-5-3-10-21-19(15)18/h2-6,10,16-17H,7-9,11-14H2,1H3. The summed E-state index contributed by atoms with van der Waals surface area (Å²) in [6.45, 7) is 2.08. The van der Waals surface area contributed by atoms with Gasteiger partial charge in [0.15, 0.2) is 0 Å². The molecule has 1 amide bonds. The van der Waals surface area contributed by atoms with E-state index in [1.165, 1.54) is 10.6 Å². The molecule has 8 heteroatoms. The Hall–Kier alpha value is -2.19. The third-order valence-corrected chi connectivity index (χ3v) is 6.92. The second kappa shape index (κ2) is 7.67. The summed E-state index contributed by atoms with van der Waals surface area (Å²) < 4.78 is 30.9. The van der Waals surface area contributed by atoms with E-state index in [4.69, 9.17) is 4.74 Å².